The van der Waals surface area contributed by atoms with E-state index in [1.807, 2.05) is 27.7 Å². The number of benzene rings is 5. The molecular formula is C49H47Cl5N8O8. The number of alkyl halides is 3. The van der Waals surface area contributed by atoms with E-state index in [2.05, 4.69) is 41.7 Å². The fourth-order valence-corrected chi connectivity index (χ4v) is 7.17. The van der Waals surface area contributed by atoms with Gasteiger partial charge in [-0.25, -0.2) is 0 Å². The molecule has 4 atom stereocenters. The molecule has 366 valence electrons. The summed E-state index contributed by atoms with van der Waals surface area (Å²) in [7, 11) is 0. The van der Waals surface area contributed by atoms with Gasteiger partial charge in [0.1, 0.15) is 22.9 Å². The van der Waals surface area contributed by atoms with Crippen molar-refractivity contribution in [2.45, 2.75) is 70.3 Å². The summed E-state index contributed by atoms with van der Waals surface area (Å²) < 4.78 is 11.4. The summed E-state index contributed by atoms with van der Waals surface area (Å²) >= 11 is 31.5. The SMILES string of the molecule is CCOc1cc(C(C)Cl)ccc1NC(=O)c1ccc(Cl)c(N=NC(C(C)=O)C(=O)Nc2ccc(NC(=O)C(N=Nc3cc(C(=O)Nc4ccc(C(C)Cl)cc4OCC)ccc3Cl)C(C)=O)c(CCl)c2)c1. The first-order valence-electron chi connectivity index (χ1n) is 21.5. The number of nitrogens with zero attached hydrogens (tertiary/aromatic N) is 4. The molecule has 5 rings (SSSR count). The zero-order valence-corrected chi connectivity index (χ0v) is 42.3. The normalized spacial score (nSPS) is 13.0. The molecule has 0 aliphatic rings. The second-order valence-electron chi connectivity index (χ2n) is 15.3. The molecule has 0 aliphatic carbocycles. The minimum absolute atomic E-state index is 0.00556. The second-order valence-corrected chi connectivity index (χ2v) is 17.7. The van der Waals surface area contributed by atoms with E-state index in [0.29, 0.717) is 41.7 Å². The molecule has 0 heterocycles. The fraction of sp³-hybridized carbons (Fsp3) is 0.265. The average molecular weight is 1050 g/mol. The van der Waals surface area contributed by atoms with Crippen molar-refractivity contribution in [3.05, 3.63) is 129 Å². The van der Waals surface area contributed by atoms with Gasteiger partial charge in [0, 0.05) is 28.4 Å². The van der Waals surface area contributed by atoms with Crippen molar-refractivity contribution >= 4 is 127 Å². The monoisotopic (exact) mass is 1050 g/mol. The summed E-state index contributed by atoms with van der Waals surface area (Å²) in [5.74, 6) is -3.42. The van der Waals surface area contributed by atoms with Crippen LogP contribution >= 0.6 is 58.0 Å². The lowest BCUT2D eigenvalue weighted by Crippen LogP contribution is -2.32. The maximum Gasteiger partial charge on any atom is 0.258 e. The van der Waals surface area contributed by atoms with E-state index < -0.39 is 47.3 Å². The van der Waals surface area contributed by atoms with E-state index in [0.717, 1.165) is 25.0 Å². The highest BCUT2D eigenvalue weighted by Crippen LogP contribution is 2.35. The third-order valence-electron chi connectivity index (χ3n) is 10.0. The van der Waals surface area contributed by atoms with Gasteiger partial charge < -0.3 is 30.7 Å². The predicted molar refractivity (Wildman–Crippen MR) is 274 cm³/mol. The van der Waals surface area contributed by atoms with Crippen LogP contribution in [0.3, 0.4) is 0 Å². The predicted octanol–water partition coefficient (Wildman–Crippen LogP) is 13.0. The number of amides is 4. The molecule has 5 aromatic rings. The largest absolute Gasteiger partial charge is 0.492 e. The molecule has 0 fully saturated rings. The molecule has 16 nitrogen and oxygen atoms in total. The lowest BCUT2D eigenvalue weighted by atomic mass is 10.1. The van der Waals surface area contributed by atoms with Crippen LogP contribution < -0.4 is 30.7 Å². The first-order valence-corrected chi connectivity index (χ1v) is 23.7. The summed E-state index contributed by atoms with van der Waals surface area (Å²) in [6.07, 6.45) is 0. The van der Waals surface area contributed by atoms with Crippen LogP contribution in [-0.4, -0.2) is 60.5 Å². The minimum Gasteiger partial charge on any atom is -0.492 e. The summed E-state index contributed by atoms with van der Waals surface area (Å²) in [5, 5.41) is 26.5. The number of rotatable bonds is 21. The number of anilines is 4. The van der Waals surface area contributed by atoms with E-state index in [9.17, 15) is 28.8 Å². The van der Waals surface area contributed by atoms with Gasteiger partial charge in [-0.2, -0.15) is 20.5 Å². The number of hydrogen-bond donors (Lipinski definition) is 4. The van der Waals surface area contributed by atoms with Crippen molar-refractivity contribution in [1.29, 1.82) is 0 Å². The van der Waals surface area contributed by atoms with E-state index in [-0.39, 0.29) is 60.6 Å². The van der Waals surface area contributed by atoms with Gasteiger partial charge in [-0.05, 0) is 137 Å². The topological polar surface area (TPSA) is 218 Å². The fourth-order valence-electron chi connectivity index (χ4n) is 6.37. The molecule has 0 aromatic heterocycles. The van der Waals surface area contributed by atoms with Crippen molar-refractivity contribution in [3.63, 3.8) is 0 Å². The van der Waals surface area contributed by atoms with Gasteiger partial charge in [-0.1, -0.05) is 35.3 Å². The minimum atomic E-state index is -1.65. The second kappa shape index (κ2) is 25.4. The van der Waals surface area contributed by atoms with E-state index in [1.54, 1.807) is 36.4 Å². The van der Waals surface area contributed by atoms with Crippen LogP contribution in [0.1, 0.15) is 89.7 Å². The standard InChI is InChI=1S/C49H47Cl5N8O8/c1-7-69-42-22-29(25(3)51)11-16-38(42)57-46(65)31-9-14-35(53)40(20-31)59-61-44(27(5)63)48(67)55-34-13-18-37(33(19-34)24-50)56-49(68)45(28(6)64)62-60-41-21-32(10-15-36(41)54)47(66)58-39-17-12-30(26(4)52)23-43(39)70-8-2/h9-23,25-26,44-45H,7-8,24H2,1-6H3,(H,55,67)(H,56,68)(H,57,65)(H,58,66). The summed E-state index contributed by atoms with van der Waals surface area (Å²) in [5.41, 5.74) is 3.38. The van der Waals surface area contributed by atoms with Crippen molar-refractivity contribution in [2.75, 3.05) is 34.5 Å². The average Bonchev–Trinajstić information content (AvgIpc) is 3.31. The molecule has 4 unspecified atom stereocenters. The molecule has 70 heavy (non-hydrogen) atoms. The molecule has 0 saturated heterocycles. The number of carbonyl (C=O) groups excluding carboxylic acids is 6. The molecule has 4 amide bonds. The first kappa shape index (κ1) is 54.5. The zero-order valence-electron chi connectivity index (χ0n) is 38.5. The Morgan fingerprint density at radius 2 is 0.986 bits per heavy atom. The number of hydrogen-bond acceptors (Lipinski definition) is 12. The number of Topliss-reactive ketones (excluding diaryl/α,β-unsaturated/α-hetero) is 2. The third-order valence-corrected chi connectivity index (χ3v) is 11.5. The molecular weight excluding hydrogens is 1010 g/mol. The highest BCUT2D eigenvalue weighted by atomic mass is 35.5. The number of halogens is 5. The van der Waals surface area contributed by atoms with Crippen molar-refractivity contribution in [1.82, 2.24) is 0 Å². The van der Waals surface area contributed by atoms with Crippen molar-refractivity contribution < 1.29 is 38.2 Å². The van der Waals surface area contributed by atoms with Gasteiger partial charge in [0.25, 0.3) is 23.6 Å². The molecule has 0 aliphatic heterocycles. The molecule has 0 spiro atoms. The van der Waals surface area contributed by atoms with Gasteiger partial charge in [-0.15, -0.1) is 34.8 Å². The Hall–Kier alpha value is -6.43. The van der Waals surface area contributed by atoms with Crippen molar-refractivity contribution in [3.8, 4) is 11.5 Å². The molecule has 5 aromatic carbocycles. The summed E-state index contributed by atoms with van der Waals surface area (Å²) in [6.45, 7) is 10.2. The summed E-state index contributed by atoms with van der Waals surface area (Å²) in [6, 6.07) is 19.8. The van der Waals surface area contributed by atoms with Crippen LogP contribution in [0.2, 0.25) is 10.0 Å². The zero-order chi connectivity index (χ0) is 51.2. The first-order chi connectivity index (χ1) is 33.3. The van der Waals surface area contributed by atoms with Crippen molar-refractivity contribution in [2.24, 2.45) is 20.5 Å². The van der Waals surface area contributed by atoms with Gasteiger partial charge in [-0.3, -0.25) is 28.8 Å². The summed E-state index contributed by atoms with van der Waals surface area (Å²) in [4.78, 5) is 79.0. The Bertz CT molecular complexity index is 2860. The number of azo groups is 2. The number of carbonyl (C=O) groups is 6. The Balaban J connectivity index is 1.26. The van der Waals surface area contributed by atoms with Gasteiger partial charge >= 0.3 is 0 Å². The molecule has 21 heteroatoms. The van der Waals surface area contributed by atoms with Gasteiger partial charge in [0.15, 0.2) is 11.6 Å². The Kier molecular flexibility index (Phi) is 19.8. The van der Waals surface area contributed by atoms with Gasteiger partial charge in [0.05, 0.1) is 45.4 Å². The maximum atomic E-state index is 13.5. The molecule has 0 saturated carbocycles. The Morgan fingerprint density at radius 1 is 0.557 bits per heavy atom. The highest BCUT2D eigenvalue weighted by molar-refractivity contribution is 6.33. The number of ether oxygens (including phenoxy) is 2. The smallest absolute Gasteiger partial charge is 0.258 e. The van der Waals surface area contributed by atoms with E-state index in [4.69, 9.17) is 67.5 Å². The third kappa shape index (κ3) is 14.6. The van der Waals surface area contributed by atoms with Gasteiger partial charge in [0.2, 0.25) is 12.1 Å². The molecule has 4 N–H and O–H groups in total. The van der Waals surface area contributed by atoms with Crippen LogP contribution in [0.4, 0.5) is 34.1 Å². The quantitative estimate of drug-likeness (QED) is 0.0314. The lowest BCUT2D eigenvalue weighted by Gasteiger charge is -2.15. The number of ketones is 2. The molecule has 0 radical (unpaired) electrons. The Labute approximate surface area is 428 Å². The number of nitrogens with one attached hydrogen (secondary N) is 4. The van der Waals surface area contributed by atoms with Crippen LogP contribution in [0.5, 0.6) is 11.5 Å². The van der Waals surface area contributed by atoms with E-state index in [1.165, 1.54) is 54.6 Å². The maximum absolute atomic E-state index is 13.5. The van der Waals surface area contributed by atoms with Crippen LogP contribution in [0, 0.1) is 0 Å². The highest BCUT2D eigenvalue weighted by Gasteiger charge is 2.27. The van der Waals surface area contributed by atoms with Crippen LogP contribution in [0.15, 0.2) is 111 Å². The van der Waals surface area contributed by atoms with Crippen LogP contribution in [0.25, 0.3) is 0 Å². The molecule has 0 bridgehead atoms. The lowest BCUT2D eigenvalue weighted by molar-refractivity contribution is -0.127. The Morgan fingerprint density at radius 3 is 1.39 bits per heavy atom. The van der Waals surface area contributed by atoms with Crippen LogP contribution in [-0.2, 0) is 25.1 Å². The van der Waals surface area contributed by atoms with E-state index >= 15 is 0 Å².